The van der Waals surface area contributed by atoms with Gasteiger partial charge in [0.05, 0.1) is 19.3 Å². The Hall–Kier alpha value is -1.12. The summed E-state index contributed by atoms with van der Waals surface area (Å²) in [7, 11) is 0. The van der Waals surface area contributed by atoms with Crippen molar-refractivity contribution in [3.63, 3.8) is 0 Å². The van der Waals surface area contributed by atoms with Gasteiger partial charge in [-0.2, -0.15) is 0 Å². The van der Waals surface area contributed by atoms with Gasteiger partial charge < -0.3 is 9.84 Å². The van der Waals surface area contributed by atoms with Gasteiger partial charge in [-0.1, -0.05) is 55.8 Å². The molecule has 0 unspecified atom stereocenters. The molecule has 0 spiro atoms. The number of fused-ring (bicyclic) bond motifs is 2. The zero-order valence-electron chi connectivity index (χ0n) is 14.0. The van der Waals surface area contributed by atoms with Gasteiger partial charge in [0.1, 0.15) is 0 Å². The van der Waals surface area contributed by atoms with Crippen LogP contribution in [-0.4, -0.2) is 24.4 Å². The Morgan fingerprint density at radius 1 is 1.23 bits per heavy atom. The summed E-state index contributed by atoms with van der Waals surface area (Å²) in [5.41, 5.74) is 2.73. The zero-order valence-corrected chi connectivity index (χ0v) is 14.0. The van der Waals surface area contributed by atoms with Gasteiger partial charge >= 0.3 is 0 Å². The van der Waals surface area contributed by atoms with E-state index in [2.05, 4.69) is 57.2 Å². The van der Waals surface area contributed by atoms with Crippen LogP contribution < -0.4 is 0 Å². The van der Waals surface area contributed by atoms with E-state index in [-0.39, 0.29) is 18.1 Å². The maximum atomic E-state index is 10.0. The molecule has 2 nitrogen and oxygen atoms in total. The van der Waals surface area contributed by atoms with Crippen molar-refractivity contribution in [3.05, 3.63) is 47.5 Å². The highest BCUT2D eigenvalue weighted by Crippen LogP contribution is 2.52. The molecular formula is C20H28O2. The Morgan fingerprint density at radius 2 is 1.95 bits per heavy atom. The molecule has 1 N–H and O–H groups in total. The fourth-order valence-electron chi connectivity index (χ4n) is 4.63. The second-order valence-electron chi connectivity index (χ2n) is 7.28. The fourth-order valence-corrected chi connectivity index (χ4v) is 4.63. The van der Waals surface area contributed by atoms with Crippen LogP contribution in [-0.2, 0) is 11.2 Å². The maximum Gasteiger partial charge on any atom is 0.0646 e. The van der Waals surface area contributed by atoms with Gasteiger partial charge in [-0.05, 0) is 37.2 Å². The highest BCUT2D eigenvalue weighted by Gasteiger charge is 2.52. The first-order valence-corrected chi connectivity index (χ1v) is 8.53. The van der Waals surface area contributed by atoms with Crippen molar-refractivity contribution in [2.24, 2.45) is 23.2 Å². The molecule has 0 saturated carbocycles. The summed E-state index contributed by atoms with van der Waals surface area (Å²) in [6.45, 7) is 7.68. The molecule has 1 aliphatic carbocycles. The molecule has 1 aromatic carbocycles. The van der Waals surface area contributed by atoms with Crippen molar-refractivity contribution >= 4 is 0 Å². The molecule has 1 saturated heterocycles. The predicted octanol–water partition coefficient (Wildman–Crippen LogP) is 3.85. The number of hydrogen-bond acceptors (Lipinski definition) is 2. The van der Waals surface area contributed by atoms with Crippen LogP contribution in [0.5, 0.6) is 0 Å². The van der Waals surface area contributed by atoms with Gasteiger partial charge in [-0.25, -0.2) is 0 Å². The highest BCUT2D eigenvalue weighted by molar-refractivity contribution is 5.21. The van der Waals surface area contributed by atoms with Crippen LogP contribution in [0.3, 0.4) is 0 Å². The molecule has 120 valence electrons. The SMILES string of the molecule is CC1=C[C@H](C)[C@@]2(CO)CO[C@H](CCc3ccccc3)[C@@H]1[C@H]2C. The van der Waals surface area contributed by atoms with E-state index in [0.717, 1.165) is 12.8 Å². The lowest BCUT2D eigenvalue weighted by atomic mass is 9.56. The molecule has 2 aliphatic rings. The first-order valence-electron chi connectivity index (χ1n) is 8.53. The van der Waals surface area contributed by atoms with Gasteiger partial charge in [-0.3, -0.25) is 0 Å². The smallest absolute Gasteiger partial charge is 0.0646 e. The summed E-state index contributed by atoms with van der Waals surface area (Å²) in [5.74, 6) is 1.31. The summed E-state index contributed by atoms with van der Waals surface area (Å²) in [4.78, 5) is 0. The molecule has 3 rings (SSSR count). The maximum absolute atomic E-state index is 10.0. The molecule has 1 aromatic rings. The summed E-state index contributed by atoms with van der Waals surface area (Å²) in [6.07, 6.45) is 4.77. The summed E-state index contributed by atoms with van der Waals surface area (Å²) in [6, 6.07) is 10.6. The third kappa shape index (κ3) is 2.53. The van der Waals surface area contributed by atoms with Crippen molar-refractivity contribution in [1.29, 1.82) is 0 Å². The van der Waals surface area contributed by atoms with Crippen molar-refractivity contribution in [1.82, 2.24) is 0 Å². The normalized spacial score (nSPS) is 37.7. The van der Waals surface area contributed by atoms with Crippen LogP contribution in [0, 0.1) is 23.2 Å². The Labute approximate surface area is 134 Å². The number of hydrogen-bond donors (Lipinski definition) is 1. The van der Waals surface area contributed by atoms with E-state index in [1.165, 1.54) is 11.1 Å². The average Bonchev–Trinajstić information content (AvgIpc) is 2.52. The minimum Gasteiger partial charge on any atom is -0.396 e. The van der Waals surface area contributed by atoms with Gasteiger partial charge in [0.15, 0.2) is 0 Å². The monoisotopic (exact) mass is 300 g/mol. The van der Waals surface area contributed by atoms with Gasteiger partial charge in [0, 0.05) is 11.3 Å². The summed E-state index contributed by atoms with van der Waals surface area (Å²) >= 11 is 0. The van der Waals surface area contributed by atoms with Crippen LogP contribution in [0.2, 0.25) is 0 Å². The molecule has 1 fully saturated rings. The standard InChI is InChI=1S/C20H28O2/c1-14-11-15(2)20(12-21)13-22-18(19(14)16(20)3)10-9-17-7-5-4-6-8-17/h4-8,11,15-16,18-19,21H,9-10,12-13H2,1-3H3/t15-,16+,18+,19-,20+/m0/s1. The lowest BCUT2D eigenvalue weighted by molar-refractivity contribution is -0.164. The number of aliphatic hydroxyl groups is 1. The Morgan fingerprint density at radius 3 is 2.64 bits per heavy atom. The van der Waals surface area contributed by atoms with E-state index < -0.39 is 0 Å². The largest absolute Gasteiger partial charge is 0.396 e. The molecule has 2 bridgehead atoms. The van der Waals surface area contributed by atoms with Gasteiger partial charge in [0.2, 0.25) is 0 Å². The predicted molar refractivity (Wildman–Crippen MR) is 89.6 cm³/mol. The van der Waals surface area contributed by atoms with E-state index in [1.807, 2.05) is 0 Å². The number of benzene rings is 1. The molecule has 0 aromatic heterocycles. The number of ether oxygens (including phenoxy) is 1. The molecular weight excluding hydrogens is 272 g/mol. The van der Waals surface area contributed by atoms with Crippen LogP contribution in [0.1, 0.15) is 32.8 Å². The van der Waals surface area contributed by atoms with Crippen molar-refractivity contribution in [2.45, 2.75) is 39.7 Å². The highest BCUT2D eigenvalue weighted by atomic mass is 16.5. The Bertz CT molecular complexity index is 536. The van der Waals surface area contributed by atoms with E-state index in [1.54, 1.807) is 0 Å². The minimum atomic E-state index is -0.0899. The fraction of sp³-hybridized carbons (Fsp3) is 0.600. The lowest BCUT2D eigenvalue weighted by Crippen LogP contribution is -2.56. The number of aryl methyl sites for hydroxylation is 1. The van der Waals surface area contributed by atoms with E-state index in [4.69, 9.17) is 4.74 Å². The van der Waals surface area contributed by atoms with Gasteiger partial charge in [0.25, 0.3) is 0 Å². The number of allylic oxidation sites excluding steroid dienone is 1. The molecule has 0 amide bonds. The first kappa shape index (κ1) is 15.8. The second-order valence-corrected chi connectivity index (χ2v) is 7.28. The first-order chi connectivity index (χ1) is 10.6. The van der Waals surface area contributed by atoms with Crippen molar-refractivity contribution < 1.29 is 9.84 Å². The van der Waals surface area contributed by atoms with Crippen LogP contribution >= 0.6 is 0 Å². The van der Waals surface area contributed by atoms with E-state index in [9.17, 15) is 5.11 Å². The molecule has 5 atom stereocenters. The number of aliphatic hydroxyl groups excluding tert-OH is 1. The van der Waals surface area contributed by atoms with E-state index in [0.29, 0.717) is 24.4 Å². The molecule has 0 radical (unpaired) electrons. The quantitative estimate of drug-likeness (QED) is 0.856. The average molecular weight is 300 g/mol. The van der Waals surface area contributed by atoms with Gasteiger partial charge in [-0.15, -0.1) is 0 Å². The zero-order chi connectivity index (χ0) is 15.7. The molecule has 22 heavy (non-hydrogen) atoms. The van der Waals surface area contributed by atoms with Crippen LogP contribution in [0.25, 0.3) is 0 Å². The lowest BCUT2D eigenvalue weighted by Gasteiger charge is -2.55. The third-order valence-corrected chi connectivity index (χ3v) is 6.21. The summed E-state index contributed by atoms with van der Waals surface area (Å²) in [5, 5.41) is 10.0. The third-order valence-electron chi connectivity index (χ3n) is 6.21. The van der Waals surface area contributed by atoms with Crippen molar-refractivity contribution in [2.75, 3.05) is 13.2 Å². The molecule has 1 heterocycles. The van der Waals surface area contributed by atoms with Crippen LogP contribution in [0.4, 0.5) is 0 Å². The second kappa shape index (κ2) is 6.17. The Balaban J connectivity index is 1.77. The number of rotatable bonds is 4. The Kier molecular flexibility index (Phi) is 4.42. The van der Waals surface area contributed by atoms with Crippen molar-refractivity contribution in [3.8, 4) is 0 Å². The van der Waals surface area contributed by atoms with Crippen LogP contribution in [0.15, 0.2) is 42.0 Å². The molecule has 1 aliphatic heterocycles. The van der Waals surface area contributed by atoms with E-state index >= 15 is 0 Å². The molecule has 2 heteroatoms. The topological polar surface area (TPSA) is 29.5 Å². The summed E-state index contributed by atoms with van der Waals surface area (Å²) < 4.78 is 6.27. The minimum absolute atomic E-state index is 0.0899.